The van der Waals surface area contributed by atoms with Crippen molar-refractivity contribution in [3.05, 3.63) is 58.1 Å². The van der Waals surface area contributed by atoms with Gasteiger partial charge in [-0.2, -0.15) is 0 Å². The molecule has 0 aliphatic heterocycles. The van der Waals surface area contributed by atoms with Crippen LogP contribution in [0.15, 0.2) is 42.5 Å². The first kappa shape index (κ1) is 13.4. The van der Waals surface area contributed by atoms with Gasteiger partial charge in [0.25, 0.3) is 0 Å². The zero-order chi connectivity index (χ0) is 13.1. The molecule has 94 valence electrons. The van der Waals surface area contributed by atoms with Gasteiger partial charge in [0.05, 0.1) is 10.0 Å². The molecule has 0 bridgehead atoms. The van der Waals surface area contributed by atoms with Gasteiger partial charge in [-0.3, -0.25) is 0 Å². The van der Waals surface area contributed by atoms with E-state index in [0.717, 1.165) is 17.5 Å². The van der Waals surface area contributed by atoms with E-state index in [1.54, 1.807) is 0 Å². The molecule has 0 heterocycles. The SMILES string of the molecule is CC(N)Cc1ccccc1-c1ccc(Cl)c(Cl)c1. The fourth-order valence-corrected chi connectivity index (χ4v) is 2.29. The van der Waals surface area contributed by atoms with E-state index >= 15 is 0 Å². The highest BCUT2D eigenvalue weighted by molar-refractivity contribution is 6.42. The van der Waals surface area contributed by atoms with E-state index in [9.17, 15) is 0 Å². The Morgan fingerprint density at radius 3 is 2.44 bits per heavy atom. The van der Waals surface area contributed by atoms with Crippen LogP contribution in [0.2, 0.25) is 10.0 Å². The Morgan fingerprint density at radius 1 is 1.06 bits per heavy atom. The second kappa shape index (κ2) is 5.75. The quantitative estimate of drug-likeness (QED) is 0.877. The molecular weight excluding hydrogens is 265 g/mol. The van der Waals surface area contributed by atoms with E-state index in [-0.39, 0.29) is 6.04 Å². The van der Waals surface area contributed by atoms with Crippen LogP contribution in [0.25, 0.3) is 11.1 Å². The number of hydrogen-bond donors (Lipinski definition) is 1. The van der Waals surface area contributed by atoms with Gasteiger partial charge < -0.3 is 5.73 Å². The lowest BCUT2D eigenvalue weighted by Crippen LogP contribution is -2.18. The van der Waals surface area contributed by atoms with Gasteiger partial charge in [0.1, 0.15) is 0 Å². The molecule has 1 unspecified atom stereocenters. The molecule has 0 spiro atoms. The summed E-state index contributed by atoms with van der Waals surface area (Å²) in [5.74, 6) is 0. The maximum absolute atomic E-state index is 6.07. The third-order valence-electron chi connectivity index (χ3n) is 2.79. The van der Waals surface area contributed by atoms with Crippen molar-refractivity contribution in [2.75, 3.05) is 0 Å². The average molecular weight is 280 g/mol. The van der Waals surface area contributed by atoms with Crippen LogP contribution in [-0.2, 0) is 6.42 Å². The topological polar surface area (TPSA) is 26.0 Å². The molecule has 0 saturated heterocycles. The normalized spacial score (nSPS) is 12.4. The van der Waals surface area contributed by atoms with Gasteiger partial charge in [-0.05, 0) is 42.2 Å². The summed E-state index contributed by atoms with van der Waals surface area (Å²) >= 11 is 12.0. The lowest BCUT2D eigenvalue weighted by atomic mass is 9.96. The largest absolute Gasteiger partial charge is 0.328 e. The molecule has 0 amide bonds. The third kappa shape index (κ3) is 3.05. The van der Waals surface area contributed by atoms with Gasteiger partial charge in [0.15, 0.2) is 0 Å². The fourth-order valence-electron chi connectivity index (χ4n) is 1.99. The zero-order valence-electron chi connectivity index (χ0n) is 10.2. The van der Waals surface area contributed by atoms with Crippen molar-refractivity contribution in [1.82, 2.24) is 0 Å². The van der Waals surface area contributed by atoms with E-state index in [1.165, 1.54) is 5.56 Å². The van der Waals surface area contributed by atoms with Crippen LogP contribution < -0.4 is 5.73 Å². The van der Waals surface area contributed by atoms with Crippen molar-refractivity contribution >= 4 is 23.2 Å². The minimum absolute atomic E-state index is 0.133. The molecule has 18 heavy (non-hydrogen) atoms. The molecule has 2 aromatic carbocycles. The first-order valence-electron chi connectivity index (χ1n) is 5.87. The number of rotatable bonds is 3. The number of hydrogen-bond acceptors (Lipinski definition) is 1. The number of benzene rings is 2. The predicted molar refractivity (Wildman–Crippen MR) is 79.3 cm³/mol. The van der Waals surface area contributed by atoms with Crippen LogP contribution in [0.1, 0.15) is 12.5 Å². The van der Waals surface area contributed by atoms with Crippen molar-refractivity contribution in [1.29, 1.82) is 0 Å². The zero-order valence-corrected chi connectivity index (χ0v) is 11.7. The Balaban J connectivity index is 2.46. The summed E-state index contributed by atoms with van der Waals surface area (Å²) in [5.41, 5.74) is 9.34. The highest BCUT2D eigenvalue weighted by atomic mass is 35.5. The molecule has 0 saturated carbocycles. The van der Waals surface area contributed by atoms with E-state index < -0.39 is 0 Å². The molecule has 0 aromatic heterocycles. The second-order valence-electron chi connectivity index (χ2n) is 4.47. The molecule has 2 N–H and O–H groups in total. The van der Waals surface area contributed by atoms with Crippen LogP contribution >= 0.6 is 23.2 Å². The maximum Gasteiger partial charge on any atom is 0.0598 e. The molecule has 1 atom stereocenters. The van der Waals surface area contributed by atoms with Crippen LogP contribution in [0.4, 0.5) is 0 Å². The predicted octanol–water partition coefficient (Wildman–Crippen LogP) is 4.55. The molecule has 0 fully saturated rings. The molecule has 0 radical (unpaired) electrons. The summed E-state index contributed by atoms with van der Waals surface area (Å²) in [7, 11) is 0. The van der Waals surface area contributed by atoms with Crippen LogP contribution in [0.3, 0.4) is 0 Å². The van der Waals surface area contributed by atoms with Crippen LogP contribution in [0, 0.1) is 0 Å². The molecule has 0 aliphatic carbocycles. The van der Waals surface area contributed by atoms with E-state index in [1.807, 2.05) is 37.3 Å². The summed E-state index contributed by atoms with van der Waals surface area (Å²) in [6.07, 6.45) is 0.844. The van der Waals surface area contributed by atoms with Crippen LogP contribution in [-0.4, -0.2) is 6.04 Å². The first-order valence-corrected chi connectivity index (χ1v) is 6.62. The van der Waals surface area contributed by atoms with E-state index in [4.69, 9.17) is 28.9 Å². The second-order valence-corrected chi connectivity index (χ2v) is 5.28. The minimum atomic E-state index is 0.133. The highest BCUT2D eigenvalue weighted by Crippen LogP contribution is 2.30. The smallest absolute Gasteiger partial charge is 0.0598 e. The maximum atomic E-state index is 6.07. The van der Waals surface area contributed by atoms with E-state index in [0.29, 0.717) is 10.0 Å². The summed E-state index contributed by atoms with van der Waals surface area (Å²) in [6.45, 7) is 2.01. The highest BCUT2D eigenvalue weighted by Gasteiger charge is 2.08. The Labute approximate surface area is 118 Å². The van der Waals surface area contributed by atoms with Gasteiger partial charge in [-0.15, -0.1) is 0 Å². The average Bonchev–Trinajstić information content (AvgIpc) is 2.33. The Kier molecular flexibility index (Phi) is 4.28. The fraction of sp³-hybridized carbons (Fsp3) is 0.200. The number of nitrogens with two attached hydrogens (primary N) is 1. The molecule has 3 heteroatoms. The van der Waals surface area contributed by atoms with Gasteiger partial charge in [0.2, 0.25) is 0 Å². The summed E-state index contributed by atoms with van der Waals surface area (Å²) < 4.78 is 0. The molecule has 2 aromatic rings. The summed E-state index contributed by atoms with van der Waals surface area (Å²) in [4.78, 5) is 0. The van der Waals surface area contributed by atoms with Gasteiger partial charge >= 0.3 is 0 Å². The van der Waals surface area contributed by atoms with Gasteiger partial charge in [0, 0.05) is 6.04 Å². The molecule has 1 nitrogen and oxygen atoms in total. The standard InChI is InChI=1S/C15H15Cl2N/c1-10(18)8-11-4-2-3-5-13(11)12-6-7-14(16)15(17)9-12/h2-7,9-10H,8,18H2,1H3. The lowest BCUT2D eigenvalue weighted by molar-refractivity contribution is 0.739. The van der Waals surface area contributed by atoms with E-state index in [2.05, 4.69) is 12.1 Å². The van der Waals surface area contributed by atoms with Gasteiger partial charge in [-0.1, -0.05) is 53.5 Å². The monoisotopic (exact) mass is 279 g/mol. The Hall–Kier alpha value is -1.02. The third-order valence-corrected chi connectivity index (χ3v) is 3.53. The minimum Gasteiger partial charge on any atom is -0.328 e. The summed E-state index contributed by atoms with van der Waals surface area (Å²) in [5, 5.41) is 1.15. The van der Waals surface area contributed by atoms with Crippen molar-refractivity contribution < 1.29 is 0 Å². The molecule has 0 aliphatic rings. The summed E-state index contributed by atoms with van der Waals surface area (Å²) in [6, 6.07) is 14.0. The van der Waals surface area contributed by atoms with Crippen molar-refractivity contribution in [3.63, 3.8) is 0 Å². The van der Waals surface area contributed by atoms with Crippen molar-refractivity contribution in [2.24, 2.45) is 5.73 Å². The van der Waals surface area contributed by atoms with Crippen molar-refractivity contribution in [3.8, 4) is 11.1 Å². The van der Waals surface area contributed by atoms with Gasteiger partial charge in [-0.25, -0.2) is 0 Å². The first-order chi connectivity index (χ1) is 8.58. The lowest BCUT2D eigenvalue weighted by Gasteiger charge is -2.12. The Morgan fingerprint density at radius 2 is 1.78 bits per heavy atom. The molecule has 2 rings (SSSR count). The molecular formula is C15H15Cl2N. The van der Waals surface area contributed by atoms with Crippen molar-refractivity contribution in [2.45, 2.75) is 19.4 Å². The Bertz CT molecular complexity index is 550. The number of halogens is 2. The van der Waals surface area contributed by atoms with Crippen LogP contribution in [0.5, 0.6) is 0 Å².